The number of hydrogen-bond donors (Lipinski definition) is 2. The Balaban J connectivity index is 0. The third-order valence-electron chi connectivity index (χ3n) is 0. The summed E-state index contributed by atoms with van der Waals surface area (Å²) in [5, 5.41) is 0. The first-order valence-corrected chi connectivity index (χ1v) is 1.57. The van der Waals surface area contributed by atoms with Gasteiger partial charge in [0.25, 0.3) is 0 Å². The summed E-state index contributed by atoms with van der Waals surface area (Å²) < 4.78 is 0.194. The van der Waals surface area contributed by atoms with Crippen molar-refractivity contribution in [2.45, 2.75) is 0 Å². The third-order valence-corrected chi connectivity index (χ3v) is 0. The molecule has 0 aliphatic rings. The molecule has 2 N–H and O–H groups in total. The monoisotopic (exact) mass is 233 g/mol. The van der Waals surface area contributed by atoms with Gasteiger partial charge >= 0.3 is 0 Å². The molecule has 0 atom stereocenters. The standard InChI is InChI=1S/CH3NS2.Ce/c2-1(3)4;/h(H3,2,3,4);. The SMILES string of the molecule is NC(=S)S.[Ce]. The molecule has 0 heterocycles. The van der Waals surface area contributed by atoms with Crippen LogP contribution in [0.5, 0.6) is 0 Å². The van der Waals surface area contributed by atoms with Gasteiger partial charge in [0, 0.05) is 41.7 Å². The molecule has 0 spiro atoms. The van der Waals surface area contributed by atoms with E-state index in [0.29, 0.717) is 0 Å². The Bertz CT molecular complexity index is 32.6. The summed E-state index contributed by atoms with van der Waals surface area (Å²) in [4.78, 5) is 0. The first kappa shape index (κ1) is 9.79. The van der Waals surface area contributed by atoms with Crippen LogP contribution in [0.4, 0.5) is 0 Å². The van der Waals surface area contributed by atoms with Gasteiger partial charge in [-0.3, -0.25) is 0 Å². The second-order valence-corrected chi connectivity index (χ2v) is 1.56. The maximum Gasteiger partial charge on any atom is 0.128 e. The van der Waals surface area contributed by atoms with Gasteiger partial charge in [-0.1, -0.05) is 12.2 Å². The van der Waals surface area contributed by atoms with E-state index in [4.69, 9.17) is 5.73 Å². The summed E-state index contributed by atoms with van der Waals surface area (Å²) in [7, 11) is 0. The van der Waals surface area contributed by atoms with Crippen molar-refractivity contribution in [2.75, 3.05) is 0 Å². The van der Waals surface area contributed by atoms with Crippen LogP contribution < -0.4 is 5.73 Å². The zero-order valence-electron chi connectivity index (χ0n) is 2.43. The van der Waals surface area contributed by atoms with Gasteiger partial charge in [-0.15, -0.1) is 12.6 Å². The quantitative estimate of drug-likeness (QED) is 0.460. The van der Waals surface area contributed by atoms with Crippen molar-refractivity contribution >= 4 is 29.2 Å². The average Bonchev–Trinajstić information content (AvgIpc) is 0.811. The van der Waals surface area contributed by atoms with Gasteiger partial charge < -0.3 is 5.73 Å². The van der Waals surface area contributed by atoms with Crippen LogP contribution in [0, 0.1) is 41.7 Å². The number of thiol groups is 1. The first-order valence-electron chi connectivity index (χ1n) is 0.716. The van der Waals surface area contributed by atoms with Gasteiger partial charge in [0.1, 0.15) is 4.32 Å². The topological polar surface area (TPSA) is 26.0 Å². The van der Waals surface area contributed by atoms with Gasteiger partial charge in [0.15, 0.2) is 0 Å². The molecular weight excluding hydrogens is 230 g/mol. The molecule has 0 saturated carbocycles. The number of nitrogens with two attached hydrogens (primary N) is 1. The van der Waals surface area contributed by atoms with Gasteiger partial charge in [-0.25, -0.2) is 0 Å². The minimum Gasteiger partial charge on any atom is -0.385 e. The van der Waals surface area contributed by atoms with E-state index in [-0.39, 0.29) is 46.1 Å². The molecule has 1 nitrogen and oxygen atoms in total. The van der Waals surface area contributed by atoms with Gasteiger partial charge in [-0.05, 0) is 0 Å². The molecule has 0 radical (unpaired) electrons. The van der Waals surface area contributed by atoms with Crippen molar-refractivity contribution in [3.63, 3.8) is 0 Å². The summed E-state index contributed by atoms with van der Waals surface area (Å²) in [5.74, 6) is 0. The molecule has 0 rings (SSSR count). The molecule has 0 amide bonds. The zero-order valence-corrected chi connectivity index (χ0v) is 7.28. The van der Waals surface area contributed by atoms with Crippen molar-refractivity contribution in [2.24, 2.45) is 5.73 Å². The summed E-state index contributed by atoms with van der Waals surface area (Å²) >= 11 is 7.65. The van der Waals surface area contributed by atoms with Crippen molar-refractivity contribution in [3.05, 3.63) is 0 Å². The average molecular weight is 233 g/mol. The molecule has 5 heavy (non-hydrogen) atoms. The number of thiocarbonyl (C=S) groups is 1. The smallest absolute Gasteiger partial charge is 0.128 e. The zero-order chi connectivity index (χ0) is 3.58. The van der Waals surface area contributed by atoms with Gasteiger partial charge in [-0.2, -0.15) is 0 Å². The summed E-state index contributed by atoms with van der Waals surface area (Å²) in [6.45, 7) is 0. The minimum atomic E-state index is 0. The van der Waals surface area contributed by atoms with E-state index in [2.05, 4.69) is 24.8 Å². The van der Waals surface area contributed by atoms with Crippen molar-refractivity contribution < 1.29 is 41.7 Å². The Kier molecular flexibility index (Phi) is 11.0. The Hall–Kier alpha value is 1.62. The van der Waals surface area contributed by atoms with Crippen LogP contribution in [0.3, 0.4) is 0 Å². The van der Waals surface area contributed by atoms with Crippen molar-refractivity contribution in [1.82, 2.24) is 0 Å². The van der Waals surface area contributed by atoms with Crippen LogP contribution in [0.2, 0.25) is 0 Å². The molecule has 0 aromatic rings. The van der Waals surface area contributed by atoms with Crippen LogP contribution in [0.15, 0.2) is 0 Å². The fraction of sp³-hybridized carbons (Fsp3) is 0. The van der Waals surface area contributed by atoms with Crippen molar-refractivity contribution in [1.29, 1.82) is 0 Å². The van der Waals surface area contributed by atoms with Crippen LogP contribution >= 0.6 is 24.8 Å². The van der Waals surface area contributed by atoms with E-state index in [1.807, 2.05) is 0 Å². The van der Waals surface area contributed by atoms with E-state index in [9.17, 15) is 0 Å². The van der Waals surface area contributed by atoms with Gasteiger partial charge in [0.05, 0.1) is 0 Å². The molecule has 0 saturated heterocycles. The Morgan fingerprint density at radius 1 is 1.80 bits per heavy atom. The fourth-order valence-electron chi connectivity index (χ4n) is 0. The van der Waals surface area contributed by atoms with E-state index in [0.717, 1.165) is 0 Å². The molecular formula is CH3CeNS2. The molecule has 0 aromatic heterocycles. The number of rotatable bonds is 0. The third kappa shape index (κ3) is 28.1. The molecule has 0 aliphatic carbocycles. The maximum atomic E-state index is 4.71. The molecule has 0 aromatic carbocycles. The fourth-order valence-corrected chi connectivity index (χ4v) is 0. The van der Waals surface area contributed by atoms with E-state index >= 15 is 0 Å². The van der Waals surface area contributed by atoms with E-state index in [1.165, 1.54) is 0 Å². The van der Waals surface area contributed by atoms with Crippen LogP contribution in [0.25, 0.3) is 0 Å². The van der Waals surface area contributed by atoms with Crippen molar-refractivity contribution in [3.8, 4) is 0 Å². The Morgan fingerprint density at radius 2 is 1.80 bits per heavy atom. The molecule has 0 unspecified atom stereocenters. The molecule has 0 bridgehead atoms. The van der Waals surface area contributed by atoms with E-state index < -0.39 is 0 Å². The normalized spacial score (nSPS) is 5.00. The minimum absolute atomic E-state index is 0. The van der Waals surface area contributed by atoms with Crippen LogP contribution in [-0.2, 0) is 0 Å². The Labute approximate surface area is 75.5 Å². The molecule has 28 valence electrons. The second kappa shape index (κ2) is 5.62. The molecule has 0 fully saturated rings. The predicted octanol–water partition coefficient (Wildman–Crippen LogP) is 0.160. The molecule has 0 aliphatic heterocycles. The summed E-state index contributed by atoms with van der Waals surface area (Å²) in [6, 6.07) is 0. The van der Waals surface area contributed by atoms with Crippen LogP contribution in [0.1, 0.15) is 0 Å². The first-order chi connectivity index (χ1) is 1.73. The van der Waals surface area contributed by atoms with Gasteiger partial charge in [0.2, 0.25) is 0 Å². The molecule has 4 heteroatoms. The second-order valence-electron chi connectivity index (χ2n) is 0.338. The maximum absolute atomic E-state index is 4.71. The largest absolute Gasteiger partial charge is 0.385 e. The number of hydrogen-bond acceptors (Lipinski definition) is 1. The Morgan fingerprint density at radius 3 is 1.80 bits per heavy atom. The summed E-state index contributed by atoms with van der Waals surface area (Å²) in [5.41, 5.74) is 4.71. The van der Waals surface area contributed by atoms with E-state index in [1.54, 1.807) is 0 Å². The predicted molar refractivity (Wildman–Crippen MR) is 25.8 cm³/mol. The summed E-state index contributed by atoms with van der Waals surface area (Å²) in [6.07, 6.45) is 0. The van der Waals surface area contributed by atoms with Crippen LogP contribution in [-0.4, -0.2) is 4.32 Å².